The molecule has 29 heteroatoms. The van der Waals surface area contributed by atoms with Crippen molar-refractivity contribution in [2.24, 2.45) is 0 Å². The Balaban J connectivity index is 0.000000369. The smallest absolute Gasteiger partial charge is 0.189 e. The number of benzene rings is 9. The number of fused-ring (bicyclic) bond motifs is 1. The minimum atomic E-state index is -0.259. The number of ketones is 4. The standard InChI is InChI=1S/C16H12Br2O3.C13H8NS.C12H10N.3C11H10Br2O3.2C11H8N.4Ir/c17-12-6-7-14(18)16(8-12)21-10-13(19)9-15(20)11-4-2-1-3-5-11;1-2-7-12-10(5-1)9-13(15-12)11-6-3-4-8-14-11;1-2-6-11(7-3-1)10-12-8-4-5-9-13-12;3*1-7(14)4-9(15)6-16-11-5-8(12)2-3-10(11)13;2*1-2-6-10(7-3-1)11-8-4-5-9-12-11;;;;/h1-9,19H,10H2;1-8H;1-6,8-9H,10H2;3*2-5,15H,6H2,1H3;2*1-6,8-9H;;;;/q;2*-1;;;;2*-1;;;;. The Kier molecular flexibility index (Phi) is 56.1. The third-order valence-electron chi connectivity index (χ3n) is 15.0. The van der Waals surface area contributed by atoms with Crippen molar-refractivity contribution in [3.8, 4) is 56.1 Å². The van der Waals surface area contributed by atoms with Crippen LogP contribution < -0.4 is 18.9 Å². The summed E-state index contributed by atoms with van der Waals surface area (Å²) in [5.41, 5.74) is 7.81. The monoisotopic (exact) mass is 2910 g/mol. The van der Waals surface area contributed by atoms with Crippen molar-refractivity contribution in [1.82, 2.24) is 19.9 Å². The molecule has 0 bridgehead atoms. The molecule has 0 aliphatic rings. The average Bonchev–Trinajstić information content (AvgIpc) is 1.68. The Morgan fingerprint density at radius 3 is 1.03 bits per heavy atom. The number of halogens is 8. The Morgan fingerprint density at radius 1 is 0.360 bits per heavy atom. The van der Waals surface area contributed by atoms with Gasteiger partial charge in [0.2, 0.25) is 0 Å². The number of aliphatic hydroxyl groups excluding tert-OH is 4. The van der Waals surface area contributed by atoms with Gasteiger partial charge in [-0.15, -0.1) is 95.4 Å². The summed E-state index contributed by atoms with van der Waals surface area (Å²) in [5, 5.41) is 38.9. The maximum absolute atomic E-state index is 11.9. The number of ether oxygens (including phenoxy) is 4. The van der Waals surface area contributed by atoms with Crippen LogP contribution in [0.4, 0.5) is 0 Å². The summed E-state index contributed by atoms with van der Waals surface area (Å²) in [6, 6.07) is 99.0. The summed E-state index contributed by atoms with van der Waals surface area (Å²) in [6.07, 6.45) is 12.6. The first-order valence-electron chi connectivity index (χ1n) is 36.3. The quantitative estimate of drug-likeness (QED) is 0.0214. The first-order valence-corrected chi connectivity index (χ1v) is 43.4. The number of pyridine rings is 4. The van der Waals surface area contributed by atoms with Crippen LogP contribution in [-0.4, -0.2) is 89.9 Å². The van der Waals surface area contributed by atoms with Gasteiger partial charge in [0, 0.05) is 164 Å². The van der Waals surface area contributed by atoms with E-state index in [0.717, 1.165) is 99.2 Å². The van der Waals surface area contributed by atoms with Crippen LogP contribution in [0.5, 0.6) is 23.0 Å². The van der Waals surface area contributed by atoms with E-state index in [1.807, 2.05) is 213 Å². The molecular weight excluding hydrogens is 2840 g/mol. The molecule has 4 N–H and O–H groups in total. The van der Waals surface area contributed by atoms with Crippen molar-refractivity contribution in [1.29, 1.82) is 0 Å². The third kappa shape index (κ3) is 45.0. The molecule has 125 heavy (non-hydrogen) atoms. The van der Waals surface area contributed by atoms with Crippen molar-refractivity contribution < 1.29 is 139 Å². The molecular formula is C96H76Br8Ir4N4O12S-4. The van der Waals surface area contributed by atoms with Gasteiger partial charge in [-0.05, 0) is 215 Å². The number of carbonyl (C=O) groups excluding carboxylic acids is 4. The summed E-state index contributed by atoms with van der Waals surface area (Å²) in [5.74, 6) is 1.04. The Bertz CT molecular complexity index is 5290. The van der Waals surface area contributed by atoms with Crippen molar-refractivity contribution >= 4 is 172 Å². The van der Waals surface area contributed by atoms with Crippen molar-refractivity contribution in [2.45, 2.75) is 27.2 Å². The minimum absolute atomic E-state index is 0. The van der Waals surface area contributed by atoms with Crippen LogP contribution in [0.25, 0.3) is 43.2 Å². The van der Waals surface area contributed by atoms with Crippen LogP contribution in [0, 0.1) is 24.3 Å². The molecule has 14 aromatic rings. The van der Waals surface area contributed by atoms with Crippen molar-refractivity contribution in [3.63, 3.8) is 0 Å². The normalized spacial score (nSPS) is 10.4. The number of aliphatic hydroxyl groups is 4. The van der Waals surface area contributed by atoms with Crippen molar-refractivity contribution in [2.75, 3.05) is 26.4 Å². The van der Waals surface area contributed by atoms with E-state index >= 15 is 0 Å². The van der Waals surface area contributed by atoms with Crippen LogP contribution in [0.3, 0.4) is 0 Å². The molecule has 0 fully saturated rings. The molecule has 9 aromatic carbocycles. The van der Waals surface area contributed by atoms with E-state index < -0.39 is 0 Å². The van der Waals surface area contributed by atoms with E-state index in [4.69, 9.17) is 18.9 Å². The topological polar surface area (TPSA) is 238 Å². The maximum Gasteiger partial charge on any atom is 0.189 e. The molecule has 4 radical (unpaired) electrons. The van der Waals surface area contributed by atoms with Crippen LogP contribution in [0.1, 0.15) is 42.4 Å². The number of hydrogen-bond acceptors (Lipinski definition) is 17. The molecule has 5 heterocycles. The first kappa shape index (κ1) is 111. The van der Waals surface area contributed by atoms with E-state index in [9.17, 15) is 39.6 Å². The van der Waals surface area contributed by atoms with Gasteiger partial charge in [-0.3, -0.25) is 24.2 Å². The molecule has 14 rings (SSSR count). The van der Waals surface area contributed by atoms with Gasteiger partial charge in [-0.2, -0.15) is 35.9 Å². The zero-order valence-corrected chi connectivity index (χ0v) is 89.3. The van der Waals surface area contributed by atoms with E-state index in [1.165, 1.54) is 42.5 Å². The van der Waals surface area contributed by atoms with Crippen LogP contribution >= 0.6 is 139 Å². The number of nitrogens with zero attached hydrogens (tertiary/aromatic N) is 4. The molecule has 0 unspecified atom stereocenters. The fourth-order valence-corrected chi connectivity index (χ4v) is 13.4. The summed E-state index contributed by atoms with van der Waals surface area (Å²) in [4.78, 5) is 62.0. The summed E-state index contributed by atoms with van der Waals surface area (Å²) in [7, 11) is 0. The summed E-state index contributed by atoms with van der Waals surface area (Å²) < 4.78 is 29.3. The second-order valence-electron chi connectivity index (χ2n) is 24.7. The van der Waals surface area contributed by atoms with Gasteiger partial charge in [-0.25, -0.2) is 11.3 Å². The van der Waals surface area contributed by atoms with Gasteiger partial charge in [0.15, 0.2) is 23.1 Å². The van der Waals surface area contributed by atoms with Crippen LogP contribution in [0.15, 0.2) is 381 Å². The Hall–Kier alpha value is -7.98. The second-order valence-corrected chi connectivity index (χ2v) is 32.8. The molecule has 0 spiro atoms. The van der Waals surface area contributed by atoms with Crippen LogP contribution in [-0.2, 0) is 101 Å². The zero-order chi connectivity index (χ0) is 87.1. The molecule has 0 atom stereocenters. The van der Waals surface area contributed by atoms with Gasteiger partial charge >= 0.3 is 0 Å². The number of hydrogen-bond donors (Lipinski definition) is 4. The summed E-state index contributed by atoms with van der Waals surface area (Å²) >= 11 is 28.3. The molecule has 0 aliphatic heterocycles. The van der Waals surface area contributed by atoms with E-state index in [0.29, 0.717) is 28.6 Å². The second kappa shape index (κ2) is 63.1. The third-order valence-corrected chi connectivity index (χ3v) is 20.6. The number of carbonyl (C=O) groups is 4. The first-order chi connectivity index (χ1) is 58.3. The zero-order valence-electron chi connectivity index (χ0n) is 66.2. The number of thiophene rings is 1. The number of allylic oxidation sites excluding steroid dienone is 4. The molecule has 0 amide bonds. The van der Waals surface area contributed by atoms with Gasteiger partial charge < -0.3 is 54.3 Å². The Labute approximate surface area is 852 Å². The van der Waals surface area contributed by atoms with E-state index in [1.54, 1.807) is 72.3 Å². The van der Waals surface area contributed by atoms with E-state index in [-0.39, 0.29) is 153 Å². The predicted octanol–water partition coefficient (Wildman–Crippen LogP) is 27.1. The largest absolute Gasteiger partial charge is 0.509 e. The van der Waals surface area contributed by atoms with Crippen LogP contribution in [0.2, 0.25) is 0 Å². The Morgan fingerprint density at radius 2 is 0.696 bits per heavy atom. The predicted molar refractivity (Wildman–Crippen MR) is 508 cm³/mol. The van der Waals surface area contributed by atoms with E-state index in [2.05, 4.69) is 196 Å². The van der Waals surface area contributed by atoms with Gasteiger partial charge in [0.1, 0.15) is 72.5 Å². The van der Waals surface area contributed by atoms with Gasteiger partial charge in [0.05, 0.1) is 17.9 Å². The van der Waals surface area contributed by atoms with Gasteiger partial charge in [-0.1, -0.05) is 149 Å². The fourth-order valence-electron chi connectivity index (χ4n) is 9.58. The maximum atomic E-state index is 11.9. The minimum Gasteiger partial charge on any atom is -0.509 e. The molecule has 0 saturated carbocycles. The number of aromatic nitrogens is 4. The van der Waals surface area contributed by atoms with Crippen molar-refractivity contribution in [3.05, 3.63) is 422 Å². The SMILES string of the molecule is CC(=O)C=C(O)COc1cc(Br)ccc1Br.CC(=O)C=C(O)COc1cc(Br)ccc1Br.CC(=O)C=C(O)COc1cc(Br)ccc1Br.O=C(C=C(O)COc1cc(Br)ccc1Br)c1ccccc1.[Ir].[Ir].[Ir].[Ir].[c-]1c(-c2ccccn2)sc2ccccc12.[c-]1ccccc1-c1ccccn1.[c-]1ccccc1-c1ccccn1.[c-]1ccccc1Cc1ccccn1. The molecule has 654 valence electrons. The average molecular weight is 2920 g/mol. The fraction of sp³-hybridized carbons (Fsp3) is 0.0833. The molecule has 16 nitrogen and oxygen atoms in total. The van der Waals surface area contributed by atoms with Gasteiger partial charge in [0.25, 0.3) is 0 Å². The summed E-state index contributed by atoms with van der Waals surface area (Å²) in [6.45, 7) is 3.92. The molecule has 0 saturated heterocycles. The molecule has 5 aromatic heterocycles. The number of rotatable bonds is 22. The molecule has 0 aliphatic carbocycles.